The van der Waals surface area contributed by atoms with Crippen LogP contribution in [-0.2, 0) is 20.2 Å². The quantitative estimate of drug-likeness (QED) is 0.151. The van der Waals surface area contributed by atoms with Gasteiger partial charge in [-0.25, -0.2) is 18.4 Å². The molecule has 0 amide bonds. The Morgan fingerprint density at radius 3 is 2.18 bits per heavy atom. The number of para-hydroxylation sites is 2. The zero-order valence-corrected chi connectivity index (χ0v) is 27.9. The number of hydrogen-bond donors (Lipinski definition) is 2. The predicted octanol–water partition coefficient (Wildman–Crippen LogP) is 5.44. The molecule has 0 aliphatic carbocycles. The van der Waals surface area contributed by atoms with Gasteiger partial charge in [-0.05, 0) is 51.2 Å². The van der Waals surface area contributed by atoms with Crippen LogP contribution in [0.25, 0.3) is 0 Å². The normalized spacial score (nSPS) is 11.5. The van der Waals surface area contributed by atoms with Gasteiger partial charge in [0.2, 0.25) is 11.7 Å². The van der Waals surface area contributed by atoms with E-state index in [2.05, 4.69) is 45.9 Å². The van der Waals surface area contributed by atoms with Crippen molar-refractivity contribution in [1.82, 2.24) is 19.9 Å². The number of benzene rings is 2. The van der Waals surface area contributed by atoms with Gasteiger partial charge in [-0.1, -0.05) is 45.0 Å². The Bertz CT molecular complexity index is 1670. The van der Waals surface area contributed by atoms with Crippen LogP contribution < -0.4 is 29.0 Å². The van der Waals surface area contributed by atoms with Gasteiger partial charge in [0.25, 0.3) is 15.9 Å². The number of anilines is 2. The van der Waals surface area contributed by atoms with Crippen molar-refractivity contribution in [2.24, 2.45) is 0 Å². The van der Waals surface area contributed by atoms with Gasteiger partial charge in [-0.2, -0.15) is 9.97 Å². The van der Waals surface area contributed by atoms with E-state index < -0.39 is 10.0 Å². The molecule has 4 rings (SSSR count). The van der Waals surface area contributed by atoms with Crippen LogP contribution in [0.1, 0.15) is 26.3 Å². The summed E-state index contributed by atoms with van der Waals surface area (Å²) in [4.78, 5) is 17.1. The maximum atomic E-state index is 13.6. The van der Waals surface area contributed by atoms with Crippen molar-refractivity contribution >= 4 is 37.7 Å². The number of nitrogens with zero attached hydrogens (tertiary/aromatic N) is 4. The summed E-state index contributed by atoms with van der Waals surface area (Å²) in [5, 5.41) is 3.01. The summed E-state index contributed by atoms with van der Waals surface area (Å²) in [5.41, 5.74) is 0.833. The Morgan fingerprint density at radius 1 is 0.867 bits per heavy atom. The van der Waals surface area contributed by atoms with Gasteiger partial charge in [0, 0.05) is 26.0 Å². The van der Waals surface area contributed by atoms with Crippen LogP contribution in [0.3, 0.4) is 0 Å². The third-order valence-electron chi connectivity index (χ3n) is 6.12. The highest BCUT2D eigenvalue weighted by Gasteiger charge is 2.25. The van der Waals surface area contributed by atoms with E-state index in [1.54, 1.807) is 68.0 Å². The van der Waals surface area contributed by atoms with Crippen LogP contribution in [0, 0.1) is 0 Å². The molecule has 13 nitrogen and oxygen atoms in total. The van der Waals surface area contributed by atoms with E-state index in [0.29, 0.717) is 23.4 Å². The Morgan fingerprint density at radius 2 is 1.53 bits per heavy atom. The molecular weight excluding hydrogens is 668 g/mol. The average molecular weight is 704 g/mol. The smallest absolute Gasteiger partial charge is 0.316 e. The first kappa shape index (κ1) is 33.7. The molecule has 0 spiro atoms. The third-order valence-corrected chi connectivity index (χ3v) is 7.88. The summed E-state index contributed by atoms with van der Waals surface area (Å²) >= 11 is 3.28. The molecule has 0 bridgehead atoms. The molecular formula is C30H35BrN6O7S. The molecule has 2 heterocycles. The lowest BCUT2D eigenvalue weighted by Gasteiger charge is -2.20. The second-order valence-electron chi connectivity index (χ2n) is 10.5. The van der Waals surface area contributed by atoms with E-state index >= 15 is 0 Å². The van der Waals surface area contributed by atoms with E-state index in [1.807, 2.05) is 20.8 Å². The van der Waals surface area contributed by atoms with Crippen LogP contribution in [0.4, 0.5) is 11.8 Å². The number of rotatable bonds is 15. The molecule has 45 heavy (non-hydrogen) atoms. The molecule has 2 aromatic carbocycles. The highest BCUT2D eigenvalue weighted by Crippen LogP contribution is 2.41. The first-order chi connectivity index (χ1) is 21.5. The Balaban J connectivity index is 1.71. The van der Waals surface area contributed by atoms with Crippen molar-refractivity contribution in [2.45, 2.75) is 31.1 Å². The number of methoxy groups -OCH3 is 2. The van der Waals surface area contributed by atoms with E-state index in [0.717, 1.165) is 5.56 Å². The zero-order valence-electron chi connectivity index (χ0n) is 25.5. The molecule has 0 atom stereocenters. The van der Waals surface area contributed by atoms with Crippen LogP contribution in [0.2, 0.25) is 0 Å². The van der Waals surface area contributed by atoms with Crippen molar-refractivity contribution in [1.29, 1.82) is 0 Å². The van der Waals surface area contributed by atoms with Crippen LogP contribution in [-0.4, -0.2) is 68.9 Å². The van der Waals surface area contributed by atoms with Gasteiger partial charge in [-0.15, -0.1) is 0 Å². The van der Waals surface area contributed by atoms with Crippen LogP contribution in [0.15, 0.2) is 70.3 Å². The van der Waals surface area contributed by atoms with E-state index in [-0.39, 0.29) is 58.7 Å². The standard InChI is InChI=1S/C30H35BrN6O7S/c1-30(2,3)20-10-12-22(13-11-20)45(38,39)37-26-25(44-24-9-7-6-8-23(24)41-5)27(36-28(35-26)32-14-15-40-4)42-16-17-43-29-33-18-21(31)19-34-29/h6-13,18-19H,14-17H2,1-5H3,(H2,32,35,36,37). The first-order valence-electron chi connectivity index (χ1n) is 13.8. The summed E-state index contributed by atoms with van der Waals surface area (Å²) in [5.74, 6) is 0.440. The topological polar surface area (TPSA) is 156 Å². The van der Waals surface area contributed by atoms with Gasteiger partial charge in [-0.3, -0.25) is 4.72 Å². The summed E-state index contributed by atoms with van der Waals surface area (Å²) in [6.07, 6.45) is 3.11. The molecule has 0 aliphatic heterocycles. The summed E-state index contributed by atoms with van der Waals surface area (Å²) < 4.78 is 58.9. The molecule has 0 saturated heterocycles. The number of halogens is 1. The number of hydrogen-bond acceptors (Lipinski definition) is 12. The fourth-order valence-corrected chi connectivity index (χ4v) is 5.02. The second kappa shape index (κ2) is 15.2. The Labute approximate surface area is 270 Å². The minimum atomic E-state index is -4.13. The van der Waals surface area contributed by atoms with Crippen molar-refractivity contribution in [3.05, 3.63) is 71.0 Å². The highest BCUT2D eigenvalue weighted by molar-refractivity contribution is 9.10. The molecule has 0 saturated carbocycles. The van der Waals surface area contributed by atoms with Crippen molar-refractivity contribution < 1.29 is 32.1 Å². The average Bonchev–Trinajstić information content (AvgIpc) is 3.01. The summed E-state index contributed by atoms with van der Waals surface area (Å²) in [6, 6.07) is 13.7. The van der Waals surface area contributed by atoms with Gasteiger partial charge in [0.15, 0.2) is 17.3 Å². The van der Waals surface area contributed by atoms with Crippen LogP contribution >= 0.6 is 15.9 Å². The second-order valence-corrected chi connectivity index (χ2v) is 13.1. The minimum Gasteiger partial charge on any atom is -0.493 e. The first-order valence-corrected chi connectivity index (χ1v) is 16.1. The highest BCUT2D eigenvalue weighted by atomic mass is 79.9. The molecule has 0 unspecified atom stereocenters. The van der Waals surface area contributed by atoms with E-state index in [4.69, 9.17) is 23.7 Å². The monoisotopic (exact) mass is 702 g/mol. The number of aromatic nitrogens is 4. The van der Waals surface area contributed by atoms with Crippen molar-refractivity contribution in [3.8, 4) is 29.1 Å². The number of nitrogens with one attached hydrogen (secondary N) is 2. The number of ether oxygens (including phenoxy) is 5. The molecule has 4 aromatic rings. The maximum absolute atomic E-state index is 13.6. The van der Waals surface area contributed by atoms with Crippen LogP contribution in [0.5, 0.6) is 29.1 Å². The third kappa shape index (κ3) is 9.39. The SMILES string of the molecule is COCCNc1nc(NS(=O)(=O)c2ccc(C(C)(C)C)cc2)c(Oc2ccccc2OC)c(OCCOc2ncc(Br)cn2)n1. The molecule has 240 valence electrons. The van der Waals surface area contributed by atoms with E-state index in [9.17, 15) is 8.42 Å². The largest absolute Gasteiger partial charge is 0.493 e. The van der Waals surface area contributed by atoms with Crippen molar-refractivity contribution in [2.75, 3.05) is 50.6 Å². The molecule has 2 N–H and O–H groups in total. The Hall–Kier alpha value is -4.21. The van der Waals surface area contributed by atoms with Gasteiger partial charge >= 0.3 is 6.01 Å². The lowest BCUT2D eigenvalue weighted by molar-refractivity contribution is 0.197. The lowest BCUT2D eigenvalue weighted by Crippen LogP contribution is -2.19. The van der Waals surface area contributed by atoms with Gasteiger partial charge < -0.3 is 29.0 Å². The molecule has 2 aromatic heterocycles. The molecule has 15 heteroatoms. The predicted molar refractivity (Wildman–Crippen MR) is 172 cm³/mol. The lowest BCUT2D eigenvalue weighted by atomic mass is 9.87. The molecule has 0 radical (unpaired) electrons. The number of sulfonamides is 1. The van der Waals surface area contributed by atoms with Gasteiger partial charge in [0.1, 0.15) is 13.2 Å². The fraction of sp³-hybridized carbons (Fsp3) is 0.333. The zero-order chi connectivity index (χ0) is 32.5. The summed E-state index contributed by atoms with van der Waals surface area (Å²) in [7, 11) is -1.09. The van der Waals surface area contributed by atoms with Crippen molar-refractivity contribution in [3.63, 3.8) is 0 Å². The molecule has 0 fully saturated rings. The molecule has 0 aliphatic rings. The minimum absolute atomic E-state index is 0.0172. The fourth-order valence-electron chi connectivity index (χ4n) is 3.81. The maximum Gasteiger partial charge on any atom is 0.316 e. The summed E-state index contributed by atoms with van der Waals surface area (Å²) in [6.45, 7) is 6.87. The van der Waals surface area contributed by atoms with Gasteiger partial charge in [0.05, 0.1) is 23.1 Å². The van der Waals surface area contributed by atoms with E-state index in [1.165, 1.54) is 7.11 Å². The Kier molecular flexibility index (Phi) is 11.4.